The molecule has 3 heterocycles. The molecule has 1 aliphatic heterocycles. The number of fused-ring (bicyclic) bond motifs is 1. The number of hydrogen-bond acceptors (Lipinski definition) is 6. The number of benzene rings is 1. The van der Waals surface area contributed by atoms with Gasteiger partial charge in [-0.25, -0.2) is 4.39 Å². The van der Waals surface area contributed by atoms with Gasteiger partial charge in [-0.05, 0) is 43.7 Å². The Balaban J connectivity index is 1.54. The van der Waals surface area contributed by atoms with E-state index in [2.05, 4.69) is 31.7 Å². The highest BCUT2D eigenvalue weighted by molar-refractivity contribution is 5.76. The zero-order valence-electron chi connectivity index (χ0n) is 17.3. The third kappa shape index (κ3) is 4.14. The maximum absolute atomic E-state index is 13.8. The van der Waals surface area contributed by atoms with Crippen LogP contribution in [0, 0.1) is 0 Å². The fourth-order valence-corrected chi connectivity index (χ4v) is 4.03. The largest absolute Gasteiger partial charge is 0.426 e. The minimum Gasteiger partial charge on any atom is -0.426 e. The summed E-state index contributed by atoms with van der Waals surface area (Å²) in [5.41, 5.74) is 1.55. The zero-order chi connectivity index (χ0) is 21.1. The first-order valence-corrected chi connectivity index (χ1v) is 10.2. The molecular formula is C22H26FN5O2. The van der Waals surface area contributed by atoms with Crippen molar-refractivity contribution in [1.82, 2.24) is 19.9 Å². The van der Waals surface area contributed by atoms with E-state index in [0.29, 0.717) is 28.3 Å². The molecule has 1 aromatic carbocycles. The molecule has 7 nitrogen and oxygen atoms in total. The number of piperidine rings is 1. The molecule has 0 saturated carbocycles. The van der Waals surface area contributed by atoms with Gasteiger partial charge in [-0.15, -0.1) is 0 Å². The van der Waals surface area contributed by atoms with E-state index in [1.54, 1.807) is 18.2 Å². The van der Waals surface area contributed by atoms with Crippen molar-refractivity contribution in [1.29, 1.82) is 0 Å². The smallest absolute Gasteiger partial charge is 0.302 e. The molecule has 0 amide bonds. The van der Waals surface area contributed by atoms with Crippen LogP contribution in [0.5, 0.6) is 11.8 Å². The molecular weight excluding hydrogens is 385 g/mol. The maximum atomic E-state index is 13.8. The number of aromatic nitrogens is 3. The van der Waals surface area contributed by atoms with Crippen LogP contribution >= 0.6 is 0 Å². The van der Waals surface area contributed by atoms with Crippen LogP contribution in [0.3, 0.4) is 0 Å². The molecule has 1 N–H and O–H groups in total. The fraction of sp³-hybridized carbons (Fsp3) is 0.409. The Morgan fingerprint density at radius 3 is 2.83 bits per heavy atom. The molecule has 1 aliphatic rings. The molecule has 0 unspecified atom stereocenters. The Bertz CT molecular complexity index is 1080. The molecule has 8 heteroatoms. The summed E-state index contributed by atoms with van der Waals surface area (Å²) < 4.78 is 19.6. The van der Waals surface area contributed by atoms with Crippen LogP contribution in [0.1, 0.15) is 25.3 Å². The van der Waals surface area contributed by atoms with Crippen molar-refractivity contribution >= 4 is 16.6 Å². The second-order valence-electron chi connectivity index (χ2n) is 7.57. The van der Waals surface area contributed by atoms with E-state index < -0.39 is 6.67 Å². The van der Waals surface area contributed by atoms with E-state index >= 15 is 0 Å². The van der Waals surface area contributed by atoms with E-state index in [-0.39, 0.29) is 11.6 Å². The van der Waals surface area contributed by atoms with Crippen molar-refractivity contribution in [3.8, 4) is 11.8 Å². The van der Waals surface area contributed by atoms with Crippen LogP contribution in [0.25, 0.3) is 10.9 Å². The van der Waals surface area contributed by atoms with Gasteiger partial charge in [0.1, 0.15) is 12.4 Å². The molecule has 0 radical (unpaired) electrons. The third-order valence-corrected chi connectivity index (χ3v) is 5.83. The zero-order valence-corrected chi connectivity index (χ0v) is 17.3. The van der Waals surface area contributed by atoms with Crippen molar-refractivity contribution in [3.05, 3.63) is 52.6 Å². The lowest BCUT2D eigenvalue weighted by Crippen LogP contribution is -2.43. The molecule has 4 rings (SSSR count). The van der Waals surface area contributed by atoms with Gasteiger partial charge < -0.3 is 14.5 Å². The van der Waals surface area contributed by atoms with Crippen molar-refractivity contribution in [3.63, 3.8) is 0 Å². The van der Waals surface area contributed by atoms with Gasteiger partial charge in [0.05, 0.1) is 17.1 Å². The number of H-pyrrole nitrogens is 1. The van der Waals surface area contributed by atoms with Gasteiger partial charge >= 0.3 is 6.01 Å². The summed E-state index contributed by atoms with van der Waals surface area (Å²) in [6.45, 7) is 4.77. The normalized spacial score (nSPS) is 15.4. The van der Waals surface area contributed by atoms with E-state index in [4.69, 9.17) is 4.74 Å². The quantitative estimate of drug-likeness (QED) is 0.669. The summed E-state index contributed by atoms with van der Waals surface area (Å²) in [5.74, 6) is 0.423. The van der Waals surface area contributed by atoms with Crippen LogP contribution in [-0.2, 0) is 6.67 Å². The number of alkyl halides is 1. The summed E-state index contributed by atoms with van der Waals surface area (Å²) in [7, 11) is 2.02. The molecule has 3 aromatic rings. The van der Waals surface area contributed by atoms with E-state index in [1.807, 2.05) is 13.1 Å². The predicted molar refractivity (Wildman–Crippen MR) is 115 cm³/mol. The first kappa shape index (κ1) is 20.3. The molecule has 2 aromatic heterocycles. The molecule has 158 valence electrons. The number of rotatable bonds is 6. The summed E-state index contributed by atoms with van der Waals surface area (Å²) in [6, 6.07) is 7.35. The highest BCUT2D eigenvalue weighted by atomic mass is 19.1. The number of pyridine rings is 1. The van der Waals surface area contributed by atoms with Gasteiger partial charge in [0, 0.05) is 43.6 Å². The average Bonchev–Trinajstić information content (AvgIpc) is 2.78. The van der Waals surface area contributed by atoms with E-state index in [1.165, 1.54) is 12.4 Å². The first-order chi connectivity index (χ1) is 14.6. The number of aromatic amines is 1. The van der Waals surface area contributed by atoms with Gasteiger partial charge in [0.25, 0.3) is 5.56 Å². The summed E-state index contributed by atoms with van der Waals surface area (Å²) >= 11 is 0. The minimum absolute atomic E-state index is 0.0540. The van der Waals surface area contributed by atoms with E-state index in [9.17, 15) is 9.18 Å². The van der Waals surface area contributed by atoms with Crippen molar-refractivity contribution in [2.24, 2.45) is 0 Å². The van der Waals surface area contributed by atoms with Gasteiger partial charge in [-0.2, -0.15) is 4.98 Å². The number of anilines is 1. The molecule has 1 fully saturated rings. The number of nitrogens with zero attached hydrogens (tertiary/aromatic N) is 4. The maximum Gasteiger partial charge on any atom is 0.302 e. The lowest BCUT2D eigenvalue weighted by molar-refractivity contribution is 0.220. The topological polar surface area (TPSA) is 74.3 Å². The van der Waals surface area contributed by atoms with Gasteiger partial charge in [0.15, 0.2) is 0 Å². The molecule has 0 bridgehead atoms. The number of ether oxygens (including phenoxy) is 1. The Hall–Kier alpha value is -3.00. The fourth-order valence-electron chi connectivity index (χ4n) is 4.03. The molecule has 1 saturated heterocycles. The Morgan fingerprint density at radius 2 is 2.10 bits per heavy atom. The number of hydrogen-bond donors (Lipinski definition) is 1. The van der Waals surface area contributed by atoms with Crippen LogP contribution in [0.2, 0.25) is 0 Å². The monoisotopic (exact) mass is 411 g/mol. The third-order valence-electron chi connectivity index (χ3n) is 5.83. The van der Waals surface area contributed by atoms with Crippen LogP contribution in [-0.4, -0.2) is 52.6 Å². The SMILES string of the molecule is CCN1CCC(N(C)c2ccc(Oc3nc4cnccc4c(=O)[nH]3)cc2CF)CC1. The molecule has 0 spiro atoms. The first-order valence-electron chi connectivity index (χ1n) is 10.2. The lowest BCUT2D eigenvalue weighted by atomic mass is 10.0. The number of likely N-dealkylation sites (tertiary alicyclic amines) is 1. The van der Waals surface area contributed by atoms with Crippen molar-refractivity contribution in [2.45, 2.75) is 32.5 Å². The van der Waals surface area contributed by atoms with Crippen LogP contribution in [0.4, 0.5) is 10.1 Å². The standard InChI is InChI=1S/C22H26FN5O2/c1-3-28-10-7-16(8-11-28)27(2)20-5-4-17(12-15(20)13-23)30-22-25-19-14-24-9-6-18(19)21(29)26-22/h4-6,9,12,14,16H,3,7-8,10-11,13H2,1-2H3,(H,25,26,29). The van der Waals surface area contributed by atoms with Crippen molar-refractivity contribution in [2.75, 3.05) is 31.6 Å². The van der Waals surface area contributed by atoms with Crippen LogP contribution in [0.15, 0.2) is 41.5 Å². The molecule has 0 atom stereocenters. The molecule has 30 heavy (non-hydrogen) atoms. The summed E-state index contributed by atoms with van der Waals surface area (Å²) in [5, 5.41) is 0.438. The van der Waals surface area contributed by atoms with Gasteiger partial charge in [-0.3, -0.25) is 14.8 Å². The second kappa shape index (κ2) is 8.79. The summed E-state index contributed by atoms with van der Waals surface area (Å²) in [4.78, 5) is 27.7. The van der Waals surface area contributed by atoms with E-state index in [0.717, 1.165) is 38.2 Å². The Labute approximate surface area is 174 Å². The lowest BCUT2D eigenvalue weighted by Gasteiger charge is -2.38. The highest BCUT2D eigenvalue weighted by Gasteiger charge is 2.23. The van der Waals surface area contributed by atoms with Gasteiger partial charge in [-0.1, -0.05) is 6.92 Å². The van der Waals surface area contributed by atoms with Gasteiger partial charge in [0.2, 0.25) is 0 Å². The predicted octanol–water partition coefficient (Wildman–Crippen LogP) is 3.50. The number of nitrogens with one attached hydrogen (secondary N) is 1. The average molecular weight is 411 g/mol. The second-order valence-corrected chi connectivity index (χ2v) is 7.57. The molecule has 0 aliphatic carbocycles. The van der Waals surface area contributed by atoms with Crippen molar-refractivity contribution < 1.29 is 9.13 Å². The Kier molecular flexibility index (Phi) is 5.94. The highest BCUT2D eigenvalue weighted by Crippen LogP contribution is 2.31. The number of halogens is 1. The summed E-state index contributed by atoms with van der Waals surface area (Å²) in [6.07, 6.45) is 5.16. The Morgan fingerprint density at radius 1 is 1.30 bits per heavy atom. The van der Waals surface area contributed by atoms with Crippen LogP contribution < -0.4 is 15.2 Å². The minimum atomic E-state index is -0.601.